The van der Waals surface area contributed by atoms with E-state index < -0.39 is 30.1 Å². The molecule has 0 aliphatic carbocycles. The Hall–Kier alpha value is -2.96. The summed E-state index contributed by atoms with van der Waals surface area (Å²) in [7, 11) is 1.48. The number of carbonyl (C=O) groups is 2. The number of anilines is 1. The zero-order valence-corrected chi connectivity index (χ0v) is 12.8. The average molecular weight is 335 g/mol. The van der Waals surface area contributed by atoms with Crippen LogP contribution in [-0.2, 0) is 20.7 Å². The van der Waals surface area contributed by atoms with Gasteiger partial charge in [-0.3, -0.25) is 9.59 Å². The lowest BCUT2D eigenvalue weighted by atomic mass is 10.1. The molecule has 2 aromatic rings. The van der Waals surface area contributed by atoms with E-state index in [4.69, 9.17) is 9.47 Å². The van der Waals surface area contributed by atoms with Crippen LogP contribution in [0, 0.1) is 11.6 Å². The van der Waals surface area contributed by atoms with E-state index in [9.17, 15) is 18.4 Å². The first kappa shape index (κ1) is 17.4. The number of para-hydroxylation sites is 1. The number of ether oxygens (including phenoxy) is 2. The van der Waals surface area contributed by atoms with Crippen molar-refractivity contribution in [2.75, 3.05) is 19.0 Å². The number of benzene rings is 2. The second-order valence-corrected chi connectivity index (χ2v) is 4.86. The molecule has 2 aromatic carbocycles. The lowest BCUT2D eigenvalue weighted by Crippen LogP contribution is -2.21. The second kappa shape index (κ2) is 8.05. The fraction of sp³-hybridized carbons (Fsp3) is 0.176. The number of amides is 1. The summed E-state index contributed by atoms with van der Waals surface area (Å²) >= 11 is 0. The molecule has 1 amide bonds. The molecule has 0 atom stereocenters. The van der Waals surface area contributed by atoms with Crippen molar-refractivity contribution >= 4 is 17.6 Å². The summed E-state index contributed by atoms with van der Waals surface area (Å²) in [6.45, 7) is -0.563. The maximum atomic E-state index is 13.0. The molecule has 7 heteroatoms. The quantitative estimate of drug-likeness (QED) is 0.825. The molecule has 126 valence electrons. The third-order valence-electron chi connectivity index (χ3n) is 3.04. The number of halogens is 2. The molecule has 0 saturated heterocycles. The van der Waals surface area contributed by atoms with Gasteiger partial charge in [0.15, 0.2) is 6.61 Å². The Labute approximate surface area is 137 Å². The predicted octanol–water partition coefficient (Wildman–Crippen LogP) is 2.70. The maximum absolute atomic E-state index is 13.0. The molecule has 0 unspecified atom stereocenters. The monoisotopic (exact) mass is 335 g/mol. The molecule has 0 aliphatic heterocycles. The fourth-order valence-electron chi connectivity index (χ4n) is 2.02. The van der Waals surface area contributed by atoms with Gasteiger partial charge in [-0.1, -0.05) is 18.2 Å². The summed E-state index contributed by atoms with van der Waals surface area (Å²) in [6.07, 6.45) is -0.0636. The minimum absolute atomic E-state index is 0.0572. The lowest BCUT2D eigenvalue weighted by molar-refractivity contribution is -0.146. The number of hydrogen-bond donors (Lipinski definition) is 1. The predicted molar refractivity (Wildman–Crippen MR) is 82.6 cm³/mol. The van der Waals surface area contributed by atoms with E-state index in [0.717, 1.165) is 12.1 Å². The largest absolute Gasteiger partial charge is 0.496 e. The van der Waals surface area contributed by atoms with Gasteiger partial charge in [0.25, 0.3) is 5.91 Å². The molecule has 0 aliphatic rings. The van der Waals surface area contributed by atoms with Crippen LogP contribution in [-0.4, -0.2) is 25.6 Å². The van der Waals surface area contributed by atoms with E-state index in [0.29, 0.717) is 17.4 Å². The normalized spacial score (nSPS) is 10.1. The summed E-state index contributed by atoms with van der Waals surface area (Å²) < 4.78 is 36.0. The van der Waals surface area contributed by atoms with Crippen molar-refractivity contribution in [2.24, 2.45) is 0 Å². The number of nitrogens with one attached hydrogen (secondary N) is 1. The van der Waals surface area contributed by atoms with Crippen LogP contribution in [0.2, 0.25) is 0 Å². The highest BCUT2D eigenvalue weighted by Crippen LogP contribution is 2.18. The molecular weight excluding hydrogens is 320 g/mol. The standard InChI is InChI=1S/C17H15F2NO4/c1-23-15-5-3-2-4-11(15)6-17(22)24-10-16(21)20-14-8-12(18)7-13(19)9-14/h2-5,7-9H,6,10H2,1H3,(H,20,21). The van der Waals surface area contributed by atoms with E-state index in [1.807, 2.05) is 0 Å². The van der Waals surface area contributed by atoms with Crippen molar-refractivity contribution in [2.45, 2.75) is 6.42 Å². The Balaban J connectivity index is 1.86. The first-order chi connectivity index (χ1) is 11.5. The zero-order valence-electron chi connectivity index (χ0n) is 12.8. The van der Waals surface area contributed by atoms with E-state index in [2.05, 4.69) is 5.32 Å². The summed E-state index contributed by atoms with van der Waals surface area (Å²) in [6, 6.07) is 9.51. The highest BCUT2D eigenvalue weighted by Gasteiger charge is 2.12. The van der Waals surface area contributed by atoms with E-state index in [1.54, 1.807) is 24.3 Å². The van der Waals surface area contributed by atoms with Gasteiger partial charge in [0.2, 0.25) is 0 Å². The van der Waals surface area contributed by atoms with Gasteiger partial charge in [0.1, 0.15) is 17.4 Å². The lowest BCUT2D eigenvalue weighted by Gasteiger charge is -2.09. The van der Waals surface area contributed by atoms with Crippen LogP contribution in [0.5, 0.6) is 5.75 Å². The van der Waals surface area contributed by atoms with Crippen LogP contribution in [0.3, 0.4) is 0 Å². The van der Waals surface area contributed by atoms with Gasteiger partial charge in [-0.25, -0.2) is 8.78 Å². The zero-order chi connectivity index (χ0) is 17.5. The molecular formula is C17H15F2NO4. The highest BCUT2D eigenvalue weighted by atomic mass is 19.1. The molecule has 0 radical (unpaired) electrons. The van der Waals surface area contributed by atoms with Gasteiger partial charge in [0.05, 0.1) is 13.5 Å². The maximum Gasteiger partial charge on any atom is 0.310 e. The average Bonchev–Trinajstić information content (AvgIpc) is 2.52. The Bertz CT molecular complexity index is 729. The molecule has 0 heterocycles. The second-order valence-electron chi connectivity index (χ2n) is 4.86. The number of rotatable bonds is 6. The van der Waals surface area contributed by atoms with Crippen molar-refractivity contribution in [3.05, 3.63) is 59.7 Å². The first-order valence-electron chi connectivity index (χ1n) is 7.01. The third kappa shape index (κ3) is 5.05. The van der Waals surface area contributed by atoms with Crippen LogP contribution in [0.25, 0.3) is 0 Å². The summed E-state index contributed by atoms with van der Waals surface area (Å²) in [4.78, 5) is 23.4. The molecule has 0 saturated carbocycles. The number of esters is 1. The van der Waals surface area contributed by atoms with Crippen molar-refractivity contribution in [1.82, 2.24) is 0 Å². The summed E-state index contributed by atoms with van der Waals surface area (Å²) in [5, 5.41) is 2.24. The Morgan fingerprint density at radius 1 is 1.08 bits per heavy atom. The molecule has 1 N–H and O–H groups in total. The molecule has 24 heavy (non-hydrogen) atoms. The summed E-state index contributed by atoms with van der Waals surface area (Å²) in [5.74, 6) is -2.43. The molecule has 0 fully saturated rings. The van der Waals surface area contributed by atoms with Crippen LogP contribution in [0.15, 0.2) is 42.5 Å². The Morgan fingerprint density at radius 3 is 2.42 bits per heavy atom. The Morgan fingerprint density at radius 2 is 1.75 bits per heavy atom. The molecule has 0 aromatic heterocycles. The highest BCUT2D eigenvalue weighted by molar-refractivity contribution is 5.92. The molecule has 0 bridgehead atoms. The first-order valence-corrected chi connectivity index (χ1v) is 7.01. The van der Waals surface area contributed by atoms with E-state index >= 15 is 0 Å². The molecule has 0 spiro atoms. The van der Waals surface area contributed by atoms with Crippen LogP contribution >= 0.6 is 0 Å². The van der Waals surface area contributed by atoms with Crippen LogP contribution in [0.1, 0.15) is 5.56 Å². The third-order valence-corrected chi connectivity index (χ3v) is 3.04. The van der Waals surface area contributed by atoms with Gasteiger partial charge in [0, 0.05) is 17.3 Å². The van der Waals surface area contributed by atoms with Crippen LogP contribution < -0.4 is 10.1 Å². The number of methoxy groups -OCH3 is 1. The van der Waals surface area contributed by atoms with Crippen molar-refractivity contribution in [3.63, 3.8) is 0 Å². The number of hydrogen-bond acceptors (Lipinski definition) is 4. The van der Waals surface area contributed by atoms with Gasteiger partial charge in [-0.2, -0.15) is 0 Å². The van der Waals surface area contributed by atoms with E-state index in [-0.39, 0.29) is 12.1 Å². The molecule has 5 nitrogen and oxygen atoms in total. The van der Waals surface area contributed by atoms with Crippen LogP contribution in [0.4, 0.5) is 14.5 Å². The number of carbonyl (C=O) groups excluding carboxylic acids is 2. The van der Waals surface area contributed by atoms with Crippen molar-refractivity contribution < 1.29 is 27.8 Å². The minimum atomic E-state index is -0.821. The smallest absolute Gasteiger partial charge is 0.310 e. The molecule has 2 rings (SSSR count). The van der Waals surface area contributed by atoms with E-state index in [1.165, 1.54) is 7.11 Å². The summed E-state index contributed by atoms with van der Waals surface area (Å²) in [5.41, 5.74) is 0.566. The SMILES string of the molecule is COc1ccccc1CC(=O)OCC(=O)Nc1cc(F)cc(F)c1. The van der Waals surface area contributed by atoms with Gasteiger partial charge >= 0.3 is 5.97 Å². The van der Waals surface area contributed by atoms with Crippen molar-refractivity contribution in [3.8, 4) is 5.75 Å². The Kier molecular flexibility index (Phi) is 5.83. The fourth-order valence-corrected chi connectivity index (χ4v) is 2.02. The van der Waals surface area contributed by atoms with Gasteiger partial charge in [-0.15, -0.1) is 0 Å². The van der Waals surface area contributed by atoms with Gasteiger partial charge in [-0.05, 0) is 18.2 Å². The minimum Gasteiger partial charge on any atom is -0.496 e. The van der Waals surface area contributed by atoms with Gasteiger partial charge < -0.3 is 14.8 Å². The van der Waals surface area contributed by atoms with Crippen molar-refractivity contribution in [1.29, 1.82) is 0 Å². The topological polar surface area (TPSA) is 64.6 Å².